The zero-order valence-corrected chi connectivity index (χ0v) is 11.9. The molecule has 110 valence electrons. The van der Waals surface area contributed by atoms with Gasteiger partial charge in [-0.25, -0.2) is 12.8 Å². The van der Waals surface area contributed by atoms with Crippen LogP contribution in [0, 0.1) is 5.82 Å². The van der Waals surface area contributed by atoms with E-state index in [0.717, 1.165) is 19.2 Å². The highest BCUT2D eigenvalue weighted by Gasteiger charge is 2.29. The van der Waals surface area contributed by atoms with Gasteiger partial charge in [-0.15, -0.1) is 0 Å². The second-order valence-corrected chi connectivity index (χ2v) is 6.65. The number of hydrogen-bond donors (Lipinski definition) is 0. The minimum Gasteiger partial charge on any atom is -0.469 e. The molecule has 0 radical (unpaired) electrons. The van der Waals surface area contributed by atoms with Gasteiger partial charge in [0.2, 0.25) is 0 Å². The number of carbonyl (C=O) groups excluding carboxylic acids is 2. The Balaban J connectivity index is 2.82. The largest absolute Gasteiger partial charge is 0.469 e. The van der Waals surface area contributed by atoms with Gasteiger partial charge in [0.1, 0.15) is 11.1 Å². The second-order valence-electron chi connectivity index (χ2n) is 4.21. The molecule has 0 heterocycles. The molecule has 0 aliphatic rings. The third-order valence-corrected chi connectivity index (χ3v) is 4.92. The first kappa shape index (κ1) is 16.3. The molecule has 0 aromatic heterocycles. The van der Waals surface area contributed by atoms with Crippen molar-refractivity contribution in [3.05, 3.63) is 35.6 Å². The van der Waals surface area contributed by atoms with Crippen LogP contribution in [-0.2, 0) is 19.4 Å². The zero-order valence-electron chi connectivity index (χ0n) is 11.1. The number of hydrogen-bond acceptors (Lipinski definition) is 5. The lowest BCUT2D eigenvalue weighted by atomic mass is 10.1. The predicted octanol–water partition coefficient (Wildman–Crippen LogP) is 1.37. The van der Waals surface area contributed by atoms with Crippen LogP contribution in [0.3, 0.4) is 0 Å². The SMILES string of the molecule is COC(=O)CCS(=O)(=O)C(C)C(=O)c1ccc(F)cc1. The van der Waals surface area contributed by atoms with E-state index in [4.69, 9.17) is 0 Å². The number of Topliss-reactive ketones (excluding diaryl/α,β-unsaturated/α-hetero) is 1. The number of ketones is 1. The van der Waals surface area contributed by atoms with Gasteiger partial charge < -0.3 is 4.74 Å². The number of carbonyl (C=O) groups is 2. The highest BCUT2D eigenvalue weighted by molar-refractivity contribution is 7.92. The Bertz CT molecular complexity index is 592. The molecule has 0 saturated carbocycles. The lowest BCUT2D eigenvalue weighted by Gasteiger charge is -2.11. The highest BCUT2D eigenvalue weighted by atomic mass is 32.2. The molecule has 0 aliphatic heterocycles. The summed E-state index contributed by atoms with van der Waals surface area (Å²) in [6, 6.07) is 4.62. The first-order valence-electron chi connectivity index (χ1n) is 5.86. The summed E-state index contributed by atoms with van der Waals surface area (Å²) in [5, 5.41) is -1.29. The van der Waals surface area contributed by atoms with Crippen LogP contribution in [-0.4, -0.2) is 38.3 Å². The summed E-state index contributed by atoms with van der Waals surface area (Å²) >= 11 is 0. The van der Waals surface area contributed by atoms with Crippen molar-refractivity contribution < 1.29 is 27.1 Å². The van der Waals surface area contributed by atoms with E-state index < -0.39 is 38.4 Å². The lowest BCUT2D eigenvalue weighted by Crippen LogP contribution is -2.30. The van der Waals surface area contributed by atoms with E-state index in [1.807, 2.05) is 0 Å². The Labute approximate surface area is 116 Å². The van der Waals surface area contributed by atoms with E-state index in [2.05, 4.69) is 4.74 Å². The van der Waals surface area contributed by atoms with Gasteiger partial charge in [-0.3, -0.25) is 9.59 Å². The average Bonchev–Trinajstić information content (AvgIpc) is 2.44. The third-order valence-electron chi connectivity index (χ3n) is 2.86. The van der Waals surface area contributed by atoms with Gasteiger partial charge in [-0.05, 0) is 31.2 Å². The van der Waals surface area contributed by atoms with Crippen molar-refractivity contribution in [1.29, 1.82) is 0 Å². The third kappa shape index (κ3) is 4.12. The van der Waals surface area contributed by atoms with Crippen LogP contribution in [0.2, 0.25) is 0 Å². The van der Waals surface area contributed by atoms with Crippen LogP contribution in [0.15, 0.2) is 24.3 Å². The Morgan fingerprint density at radius 2 is 1.80 bits per heavy atom. The van der Waals surface area contributed by atoms with Crippen molar-refractivity contribution in [2.45, 2.75) is 18.6 Å². The van der Waals surface area contributed by atoms with Gasteiger partial charge in [0.25, 0.3) is 0 Å². The molecule has 0 amide bonds. The summed E-state index contributed by atoms with van der Waals surface area (Å²) in [6.07, 6.45) is -0.306. The van der Waals surface area contributed by atoms with Crippen LogP contribution >= 0.6 is 0 Å². The topological polar surface area (TPSA) is 77.5 Å². The maximum Gasteiger partial charge on any atom is 0.306 e. The number of ether oxygens (including phenoxy) is 1. The maximum absolute atomic E-state index is 12.8. The molecule has 1 rings (SSSR count). The van der Waals surface area contributed by atoms with E-state index in [1.165, 1.54) is 19.1 Å². The molecule has 5 nitrogen and oxygen atoms in total. The van der Waals surface area contributed by atoms with E-state index in [-0.39, 0.29) is 12.0 Å². The van der Waals surface area contributed by atoms with Crippen molar-refractivity contribution >= 4 is 21.6 Å². The molecule has 0 saturated heterocycles. The fourth-order valence-corrected chi connectivity index (χ4v) is 2.78. The summed E-state index contributed by atoms with van der Waals surface area (Å²) in [7, 11) is -2.61. The summed E-state index contributed by atoms with van der Waals surface area (Å²) in [6.45, 7) is 1.25. The number of benzene rings is 1. The fraction of sp³-hybridized carbons (Fsp3) is 0.385. The highest BCUT2D eigenvalue weighted by Crippen LogP contribution is 2.13. The quantitative estimate of drug-likeness (QED) is 0.586. The molecule has 1 atom stereocenters. The summed E-state index contributed by atoms with van der Waals surface area (Å²) in [5.41, 5.74) is 0.112. The van der Waals surface area contributed by atoms with Crippen LogP contribution in [0.5, 0.6) is 0 Å². The molecule has 7 heteroatoms. The first-order chi connectivity index (χ1) is 9.27. The second kappa shape index (κ2) is 6.60. The molecule has 0 fully saturated rings. The molecular formula is C13H15FO5S. The predicted molar refractivity (Wildman–Crippen MR) is 70.6 cm³/mol. The van der Waals surface area contributed by atoms with Gasteiger partial charge in [0.05, 0.1) is 19.3 Å². The average molecular weight is 302 g/mol. The molecule has 1 aromatic carbocycles. The number of rotatable bonds is 6. The van der Waals surface area contributed by atoms with E-state index in [9.17, 15) is 22.4 Å². The maximum atomic E-state index is 12.8. The van der Waals surface area contributed by atoms with Crippen molar-refractivity contribution in [2.24, 2.45) is 0 Å². The zero-order chi connectivity index (χ0) is 15.3. The van der Waals surface area contributed by atoms with Crippen molar-refractivity contribution in [2.75, 3.05) is 12.9 Å². The molecule has 0 N–H and O–H groups in total. The van der Waals surface area contributed by atoms with Gasteiger partial charge in [0.15, 0.2) is 15.6 Å². The Morgan fingerprint density at radius 1 is 1.25 bits per heavy atom. The molecule has 20 heavy (non-hydrogen) atoms. The van der Waals surface area contributed by atoms with Gasteiger partial charge >= 0.3 is 5.97 Å². The Kier molecular flexibility index (Phi) is 5.38. The minimum atomic E-state index is -3.77. The number of sulfone groups is 1. The van der Waals surface area contributed by atoms with Crippen molar-refractivity contribution in [3.63, 3.8) is 0 Å². The van der Waals surface area contributed by atoms with Crippen molar-refractivity contribution in [3.8, 4) is 0 Å². The van der Waals surface area contributed by atoms with Crippen LogP contribution in [0.1, 0.15) is 23.7 Å². The van der Waals surface area contributed by atoms with Crippen LogP contribution in [0.4, 0.5) is 4.39 Å². The van der Waals surface area contributed by atoms with E-state index >= 15 is 0 Å². The standard InChI is InChI=1S/C13H15FO5S/c1-9(20(17,18)8-7-12(15)19-2)13(16)10-3-5-11(14)6-4-10/h3-6,9H,7-8H2,1-2H3. The monoisotopic (exact) mass is 302 g/mol. The lowest BCUT2D eigenvalue weighted by molar-refractivity contribution is -0.140. The van der Waals surface area contributed by atoms with Crippen LogP contribution < -0.4 is 0 Å². The summed E-state index contributed by atoms with van der Waals surface area (Å²) in [5.74, 6) is -2.26. The van der Waals surface area contributed by atoms with Crippen LogP contribution in [0.25, 0.3) is 0 Å². The van der Waals surface area contributed by atoms with Gasteiger partial charge in [-0.2, -0.15) is 0 Å². The molecule has 0 aliphatic carbocycles. The van der Waals surface area contributed by atoms with Gasteiger partial charge in [-0.1, -0.05) is 0 Å². The minimum absolute atomic E-state index is 0.112. The normalized spacial score (nSPS) is 12.8. The molecule has 0 spiro atoms. The molecule has 0 bridgehead atoms. The van der Waals surface area contributed by atoms with Gasteiger partial charge in [0, 0.05) is 5.56 Å². The van der Waals surface area contributed by atoms with E-state index in [1.54, 1.807) is 0 Å². The smallest absolute Gasteiger partial charge is 0.306 e. The fourth-order valence-electron chi connectivity index (χ4n) is 1.52. The summed E-state index contributed by atoms with van der Waals surface area (Å²) in [4.78, 5) is 22.9. The first-order valence-corrected chi connectivity index (χ1v) is 7.57. The molecular weight excluding hydrogens is 287 g/mol. The Hall–Kier alpha value is -1.76. The number of methoxy groups -OCH3 is 1. The van der Waals surface area contributed by atoms with E-state index in [0.29, 0.717) is 0 Å². The number of esters is 1. The molecule has 1 unspecified atom stereocenters. The number of halogens is 1. The van der Waals surface area contributed by atoms with Crippen molar-refractivity contribution in [1.82, 2.24) is 0 Å². The summed E-state index contributed by atoms with van der Waals surface area (Å²) < 4.78 is 41.0. The Morgan fingerprint density at radius 3 is 2.30 bits per heavy atom. The molecule has 1 aromatic rings.